The van der Waals surface area contributed by atoms with Crippen LogP contribution in [0.25, 0.3) is 0 Å². The van der Waals surface area contributed by atoms with Gasteiger partial charge >= 0.3 is 0 Å². The van der Waals surface area contributed by atoms with Crippen molar-refractivity contribution in [3.05, 3.63) is 35.4 Å². The van der Waals surface area contributed by atoms with Gasteiger partial charge in [-0.2, -0.15) is 0 Å². The molecule has 13 heavy (non-hydrogen) atoms. The van der Waals surface area contributed by atoms with Crippen molar-refractivity contribution in [3.63, 3.8) is 0 Å². The summed E-state index contributed by atoms with van der Waals surface area (Å²) in [6, 6.07) is 7.91. The maximum absolute atomic E-state index is 8.52. The van der Waals surface area contributed by atoms with Gasteiger partial charge in [-0.05, 0) is 18.1 Å². The van der Waals surface area contributed by atoms with Crippen molar-refractivity contribution in [2.45, 2.75) is 19.8 Å². The Morgan fingerprint density at radius 2 is 2.08 bits per heavy atom. The molecule has 0 unspecified atom stereocenters. The van der Waals surface area contributed by atoms with E-state index in [4.69, 9.17) is 10.9 Å². The number of aryl methyl sites for hydroxylation is 1. The second-order valence-electron chi connectivity index (χ2n) is 3.10. The molecule has 0 fully saturated rings. The Balaban J connectivity index is 3.02. The summed E-state index contributed by atoms with van der Waals surface area (Å²) in [5.41, 5.74) is 7.77. The van der Waals surface area contributed by atoms with Crippen molar-refractivity contribution in [3.8, 4) is 0 Å². The SMILES string of the molecule is Cc1ccccc1[C@H](C)/C(N)=N/O. The molecule has 0 aliphatic heterocycles. The van der Waals surface area contributed by atoms with Gasteiger partial charge in [-0.25, -0.2) is 0 Å². The number of hydrogen-bond acceptors (Lipinski definition) is 2. The average Bonchev–Trinajstić information content (AvgIpc) is 2.16. The van der Waals surface area contributed by atoms with Crippen LogP contribution >= 0.6 is 0 Å². The molecule has 0 radical (unpaired) electrons. The third-order valence-electron chi connectivity index (χ3n) is 2.21. The molecule has 0 aliphatic rings. The minimum Gasteiger partial charge on any atom is -0.409 e. The standard InChI is InChI=1S/C10H14N2O/c1-7-5-3-4-6-9(7)8(2)10(11)12-13/h3-6,8,13H,1-2H3,(H2,11,12)/t8-/m0/s1. The first kappa shape index (κ1) is 9.58. The summed E-state index contributed by atoms with van der Waals surface area (Å²) in [5.74, 6) is 0.209. The number of oxime groups is 1. The smallest absolute Gasteiger partial charge is 0.146 e. The third-order valence-corrected chi connectivity index (χ3v) is 2.21. The lowest BCUT2D eigenvalue weighted by Crippen LogP contribution is -2.20. The molecule has 0 aliphatic carbocycles. The number of nitrogens with zero attached hydrogens (tertiary/aromatic N) is 1. The van der Waals surface area contributed by atoms with Gasteiger partial charge < -0.3 is 10.9 Å². The van der Waals surface area contributed by atoms with Crippen LogP contribution in [0.15, 0.2) is 29.4 Å². The molecule has 0 bridgehead atoms. The van der Waals surface area contributed by atoms with Gasteiger partial charge in [-0.3, -0.25) is 0 Å². The van der Waals surface area contributed by atoms with E-state index in [9.17, 15) is 0 Å². The van der Waals surface area contributed by atoms with Crippen LogP contribution in [-0.2, 0) is 0 Å². The van der Waals surface area contributed by atoms with E-state index >= 15 is 0 Å². The van der Waals surface area contributed by atoms with Gasteiger partial charge in [0.1, 0.15) is 5.84 Å². The first-order chi connectivity index (χ1) is 6.16. The lowest BCUT2D eigenvalue weighted by Gasteiger charge is -2.12. The quantitative estimate of drug-likeness (QED) is 0.314. The molecule has 0 amide bonds. The van der Waals surface area contributed by atoms with Crippen LogP contribution in [0.3, 0.4) is 0 Å². The number of benzene rings is 1. The predicted octanol–water partition coefficient (Wildman–Crippen LogP) is 1.84. The summed E-state index contributed by atoms with van der Waals surface area (Å²) >= 11 is 0. The lowest BCUT2D eigenvalue weighted by molar-refractivity contribution is 0.316. The van der Waals surface area contributed by atoms with Crippen LogP contribution in [0, 0.1) is 6.92 Å². The van der Waals surface area contributed by atoms with E-state index in [1.807, 2.05) is 38.1 Å². The highest BCUT2D eigenvalue weighted by Crippen LogP contribution is 2.18. The summed E-state index contributed by atoms with van der Waals surface area (Å²) in [6.45, 7) is 3.92. The normalized spacial score (nSPS) is 14.2. The van der Waals surface area contributed by atoms with Crippen LogP contribution in [-0.4, -0.2) is 11.0 Å². The molecular weight excluding hydrogens is 164 g/mol. The Morgan fingerprint density at radius 3 is 2.62 bits per heavy atom. The van der Waals surface area contributed by atoms with Gasteiger partial charge in [0.25, 0.3) is 0 Å². The van der Waals surface area contributed by atoms with Crippen LogP contribution < -0.4 is 5.73 Å². The van der Waals surface area contributed by atoms with Crippen molar-refractivity contribution < 1.29 is 5.21 Å². The zero-order valence-corrected chi connectivity index (χ0v) is 7.86. The van der Waals surface area contributed by atoms with E-state index in [1.165, 1.54) is 0 Å². The fraction of sp³-hybridized carbons (Fsp3) is 0.300. The third kappa shape index (κ3) is 1.99. The molecule has 1 aromatic carbocycles. The highest BCUT2D eigenvalue weighted by atomic mass is 16.4. The lowest BCUT2D eigenvalue weighted by atomic mass is 9.96. The van der Waals surface area contributed by atoms with Crippen LogP contribution in [0.2, 0.25) is 0 Å². The molecule has 3 N–H and O–H groups in total. The largest absolute Gasteiger partial charge is 0.409 e. The van der Waals surface area contributed by atoms with Crippen molar-refractivity contribution >= 4 is 5.84 Å². The Kier molecular flexibility index (Phi) is 2.90. The van der Waals surface area contributed by atoms with Gasteiger partial charge in [0.15, 0.2) is 0 Å². The molecule has 1 atom stereocenters. The second-order valence-corrected chi connectivity index (χ2v) is 3.10. The van der Waals surface area contributed by atoms with E-state index in [0.29, 0.717) is 0 Å². The number of amidine groups is 1. The summed E-state index contributed by atoms with van der Waals surface area (Å²) < 4.78 is 0. The Labute approximate surface area is 77.9 Å². The Bertz CT molecular complexity index is 320. The van der Waals surface area contributed by atoms with Crippen LogP contribution in [0.5, 0.6) is 0 Å². The Hall–Kier alpha value is -1.51. The van der Waals surface area contributed by atoms with Crippen LogP contribution in [0.4, 0.5) is 0 Å². The van der Waals surface area contributed by atoms with Gasteiger partial charge in [-0.15, -0.1) is 0 Å². The monoisotopic (exact) mass is 178 g/mol. The Morgan fingerprint density at radius 1 is 1.46 bits per heavy atom. The maximum Gasteiger partial charge on any atom is 0.146 e. The summed E-state index contributed by atoms with van der Waals surface area (Å²) in [5, 5.41) is 11.5. The zero-order chi connectivity index (χ0) is 9.84. The van der Waals surface area contributed by atoms with E-state index in [1.54, 1.807) is 0 Å². The zero-order valence-electron chi connectivity index (χ0n) is 7.86. The molecule has 3 nitrogen and oxygen atoms in total. The molecular formula is C10H14N2O. The van der Waals surface area contributed by atoms with Crippen molar-refractivity contribution in [2.24, 2.45) is 10.9 Å². The van der Waals surface area contributed by atoms with Crippen LogP contribution in [0.1, 0.15) is 24.0 Å². The highest BCUT2D eigenvalue weighted by Gasteiger charge is 2.11. The predicted molar refractivity (Wildman–Crippen MR) is 53.0 cm³/mol. The molecule has 0 saturated heterocycles. The van der Waals surface area contributed by atoms with E-state index in [2.05, 4.69) is 5.16 Å². The molecule has 0 aromatic heterocycles. The van der Waals surface area contributed by atoms with Gasteiger partial charge in [-0.1, -0.05) is 36.3 Å². The number of nitrogens with two attached hydrogens (primary N) is 1. The van der Waals surface area contributed by atoms with Gasteiger partial charge in [0, 0.05) is 5.92 Å². The summed E-state index contributed by atoms with van der Waals surface area (Å²) in [7, 11) is 0. The number of rotatable bonds is 2. The van der Waals surface area contributed by atoms with E-state index in [-0.39, 0.29) is 11.8 Å². The minimum absolute atomic E-state index is 0.0359. The van der Waals surface area contributed by atoms with E-state index in [0.717, 1.165) is 11.1 Å². The molecule has 1 rings (SSSR count). The summed E-state index contributed by atoms with van der Waals surface area (Å²) in [4.78, 5) is 0. The average molecular weight is 178 g/mol. The first-order valence-electron chi connectivity index (χ1n) is 4.19. The minimum atomic E-state index is -0.0359. The molecule has 70 valence electrons. The molecule has 3 heteroatoms. The molecule has 0 spiro atoms. The summed E-state index contributed by atoms with van der Waals surface area (Å²) in [6.07, 6.45) is 0. The topological polar surface area (TPSA) is 58.6 Å². The second kappa shape index (κ2) is 3.94. The fourth-order valence-electron chi connectivity index (χ4n) is 1.32. The van der Waals surface area contributed by atoms with E-state index < -0.39 is 0 Å². The maximum atomic E-state index is 8.52. The first-order valence-corrected chi connectivity index (χ1v) is 4.19. The molecule has 0 saturated carbocycles. The fourth-order valence-corrected chi connectivity index (χ4v) is 1.32. The van der Waals surface area contributed by atoms with Crippen molar-refractivity contribution in [2.75, 3.05) is 0 Å². The van der Waals surface area contributed by atoms with Gasteiger partial charge in [0.2, 0.25) is 0 Å². The van der Waals surface area contributed by atoms with Crippen molar-refractivity contribution in [1.29, 1.82) is 0 Å². The highest BCUT2D eigenvalue weighted by molar-refractivity contribution is 5.86. The molecule has 1 aromatic rings. The number of hydrogen-bond donors (Lipinski definition) is 2. The molecule has 0 heterocycles. The van der Waals surface area contributed by atoms with Crippen molar-refractivity contribution in [1.82, 2.24) is 0 Å². The van der Waals surface area contributed by atoms with Gasteiger partial charge in [0.05, 0.1) is 0 Å².